The Morgan fingerprint density at radius 1 is 1.50 bits per heavy atom. The molecule has 0 atom stereocenters. The van der Waals surface area contributed by atoms with Crippen LogP contribution in [0.25, 0.3) is 0 Å². The standard InChI is InChI=1S/C9H17NO2/c1-12-7-10-9(11)6-8-4-2-3-5-8/h8H,2-7H2,1H3,(H,10,11). The number of carbonyl (C=O) groups excluding carboxylic acids is 1. The van der Waals surface area contributed by atoms with Crippen molar-refractivity contribution in [2.45, 2.75) is 32.1 Å². The second-order valence-corrected chi connectivity index (χ2v) is 3.39. The number of nitrogens with one attached hydrogen (secondary N) is 1. The van der Waals surface area contributed by atoms with Crippen LogP contribution in [0.5, 0.6) is 0 Å². The summed E-state index contributed by atoms with van der Waals surface area (Å²) in [4.78, 5) is 11.2. The van der Waals surface area contributed by atoms with Crippen LogP contribution in [0.4, 0.5) is 0 Å². The molecule has 1 saturated carbocycles. The van der Waals surface area contributed by atoms with Crippen molar-refractivity contribution in [1.82, 2.24) is 5.32 Å². The monoisotopic (exact) mass is 171 g/mol. The van der Waals surface area contributed by atoms with Gasteiger partial charge in [-0.25, -0.2) is 0 Å². The van der Waals surface area contributed by atoms with Gasteiger partial charge in [-0.3, -0.25) is 4.79 Å². The third-order valence-corrected chi connectivity index (χ3v) is 2.36. The third kappa shape index (κ3) is 3.22. The minimum Gasteiger partial charge on any atom is -0.364 e. The molecule has 3 heteroatoms. The van der Waals surface area contributed by atoms with E-state index in [4.69, 9.17) is 4.74 Å². The Hall–Kier alpha value is -0.570. The van der Waals surface area contributed by atoms with Crippen molar-refractivity contribution in [2.24, 2.45) is 5.92 Å². The van der Waals surface area contributed by atoms with Gasteiger partial charge in [-0.1, -0.05) is 12.8 Å². The lowest BCUT2D eigenvalue weighted by molar-refractivity contribution is -0.123. The first kappa shape index (κ1) is 9.52. The Kier molecular flexibility index (Phi) is 4.08. The largest absolute Gasteiger partial charge is 0.364 e. The van der Waals surface area contributed by atoms with Gasteiger partial charge in [0.15, 0.2) is 0 Å². The number of carbonyl (C=O) groups is 1. The van der Waals surface area contributed by atoms with Gasteiger partial charge in [0.05, 0.1) is 0 Å². The molecule has 1 rings (SSSR count). The predicted molar refractivity (Wildman–Crippen MR) is 46.6 cm³/mol. The molecule has 1 aliphatic rings. The smallest absolute Gasteiger partial charge is 0.222 e. The van der Waals surface area contributed by atoms with Crippen LogP contribution in [0.3, 0.4) is 0 Å². The van der Waals surface area contributed by atoms with Crippen molar-refractivity contribution in [3.05, 3.63) is 0 Å². The minimum absolute atomic E-state index is 0.128. The van der Waals surface area contributed by atoms with Crippen molar-refractivity contribution < 1.29 is 9.53 Å². The Balaban J connectivity index is 2.08. The molecule has 0 heterocycles. The second-order valence-electron chi connectivity index (χ2n) is 3.39. The maximum atomic E-state index is 11.2. The first-order valence-electron chi connectivity index (χ1n) is 4.58. The Morgan fingerprint density at radius 2 is 2.17 bits per heavy atom. The average Bonchev–Trinajstić information content (AvgIpc) is 2.53. The van der Waals surface area contributed by atoms with Crippen LogP contribution in [0.2, 0.25) is 0 Å². The van der Waals surface area contributed by atoms with Gasteiger partial charge in [0.25, 0.3) is 0 Å². The molecule has 0 bridgehead atoms. The molecule has 12 heavy (non-hydrogen) atoms. The molecular formula is C9H17NO2. The fourth-order valence-electron chi connectivity index (χ4n) is 1.70. The van der Waals surface area contributed by atoms with Crippen LogP contribution in [0, 0.1) is 5.92 Å². The maximum Gasteiger partial charge on any atom is 0.222 e. The molecule has 1 N–H and O–H groups in total. The van der Waals surface area contributed by atoms with Crippen molar-refractivity contribution in [3.63, 3.8) is 0 Å². The zero-order valence-corrected chi connectivity index (χ0v) is 7.64. The SMILES string of the molecule is COCNC(=O)CC1CCCC1. The number of rotatable bonds is 4. The summed E-state index contributed by atoms with van der Waals surface area (Å²) in [7, 11) is 1.58. The lowest BCUT2D eigenvalue weighted by Gasteiger charge is -2.08. The van der Waals surface area contributed by atoms with Crippen LogP contribution < -0.4 is 5.32 Å². The van der Waals surface area contributed by atoms with Crippen LogP contribution in [0.1, 0.15) is 32.1 Å². The van der Waals surface area contributed by atoms with Crippen molar-refractivity contribution >= 4 is 5.91 Å². The summed E-state index contributed by atoms with van der Waals surface area (Å²) in [5, 5.41) is 2.70. The van der Waals surface area contributed by atoms with Gasteiger partial charge >= 0.3 is 0 Å². The fourth-order valence-corrected chi connectivity index (χ4v) is 1.70. The summed E-state index contributed by atoms with van der Waals surface area (Å²) in [5.74, 6) is 0.755. The molecule has 3 nitrogen and oxygen atoms in total. The van der Waals surface area contributed by atoms with E-state index in [0.717, 1.165) is 0 Å². The molecule has 1 amide bonds. The predicted octanol–water partition coefficient (Wildman–Crippen LogP) is 1.29. The summed E-state index contributed by atoms with van der Waals surface area (Å²) in [5.41, 5.74) is 0. The van der Waals surface area contributed by atoms with E-state index < -0.39 is 0 Å². The van der Waals surface area contributed by atoms with Gasteiger partial charge in [0.2, 0.25) is 5.91 Å². The van der Waals surface area contributed by atoms with E-state index in [1.54, 1.807) is 7.11 Å². The summed E-state index contributed by atoms with van der Waals surface area (Å²) >= 11 is 0. The number of hydrogen-bond acceptors (Lipinski definition) is 2. The maximum absolute atomic E-state index is 11.2. The number of ether oxygens (including phenoxy) is 1. The summed E-state index contributed by atoms with van der Waals surface area (Å²) in [6, 6.07) is 0. The Labute approximate surface area is 73.5 Å². The molecule has 70 valence electrons. The van der Waals surface area contributed by atoms with Gasteiger partial charge in [0, 0.05) is 13.5 Å². The van der Waals surface area contributed by atoms with E-state index in [1.807, 2.05) is 0 Å². The highest BCUT2D eigenvalue weighted by molar-refractivity contribution is 5.75. The fraction of sp³-hybridized carbons (Fsp3) is 0.889. The molecule has 0 unspecified atom stereocenters. The van der Waals surface area contributed by atoms with Crippen LogP contribution >= 0.6 is 0 Å². The van der Waals surface area contributed by atoms with Crippen molar-refractivity contribution in [3.8, 4) is 0 Å². The second kappa shape index (κ2) is 5.14. The molecule has 1 aliphatic carbocycles. The number of hydrogen-bond donors (Lipinski definition) is 1. The third-order valence-electron chi connectivity index (χ3n) is 2.36. The van der Waals surface area contributed by atoms with Crippen LogP contribution in [0.15, 0.2) is 0 Å². The van der Waals surface area contributed by atoms with E-state index in [2.05, 4.69) is 5.32 Å². The molecule has 0 aliphatic heterocycles. The quantitative estimate of drug-likeness (QED) is 0.647. The molecule has 0 saturated heterocycles. The first-order valence-corrected chi connectivity index (χ1v) is 4.58. The average molecular weight is 171 g/mol. The topological polar surface area (TPSA) is 38.3 Å². The van der Waals surface area contributed by atoms with Crippen molar-refractivity contribution in [2.75, 3.05) is 13.8 Å². The number of amides is 1. The minimum atomic E-state index is 0.128. The van der Waals surface area contributed by atoms with E-state index in [1.165, 1.54) is 25.7 Å². The lowest BCUT2D eigenvalue weighted by Crippen LogP contribution is -2.26. The van der Waals surface area contributed by atoms with Crippen LogP contribution in [-0.2, 0) is 9.53 Å². The molecule has 1 fully saturated rings. The zero-order valence-electron chi connectivity index (χ0n) is 7.64. The molecule has 0 aromatic carbocycles. The summed E-state index contributed by atoms with van der Waals surface area (Å²) in [6.45, 7) is 0.339. The van der Waals surface area contributed by atoms with E-state index >= 15 is 0 Å². The molecule has 0 spiro atoms. The van der Waals surface area contributed by atoms with Gasteiger partial charge in [-0.15, -0.1) is 0 Å². The van der Waals surface area contributed by atoms with Crippen LogP contribution in [-0.4, -0.2) is 19.7 Å². The van der Waals surface area contributed by atoms with Gasteiger partial charge < -0.3 is 10.1 Å². The highest BCUT2D eigenvalue weighted by atomic mass is 16.5. The Bertz CT molecular complexity index is 141. The highest BCUT2D eigenvalue weighted by Crippen LogP contribution is 2.27. The van der Waals surface area contributed by atoms with Gasteiger partial charge in [-0.2, -0.15) is 0 Å². The summed E-state index contributed by atoms with van der Waals surface area (Å²) < 4.78 is 4.75. The molecule has 0 radical (unpaired) electrons. The summed E-state index contributed by atoms with van der Waals surface area (Å²) in [6.07, 6.45) is 5.72. The molecule has 0 aromatic heterocycles. The normalized spacial score (nSPS) is 18.1. The Morgan fingerprint density at radius 3 is 2.75 bits per heavy atom. The highest BCUT2D eigenvalue weighted by Gasteiger charge is 2.17. The lowest BCUT2D eigenvalue weighted by atomic mass is 10.0. The van der Waals surface area contributed by atoms with E-state index in [9.17, 15) is 4.79 Å². The number of methoxy groups -OCH3 is 1. The molecular weight excluding hydrogens is 154 g/mol. The van der Waals surface area contributed by atoms with Crippen molar-refractivity contribution in [1.29, 1.82) is 0 Å². The van der Waals surface area contributed by atoms with E-state index in [-0.39, 0.29) is 5.91 Å². The van der Waals surface area contributed by atoms with Gasteiger partial charge in [0.1, 0.15) is 6.73 Å². The first-order chi connectivity index (χ1) is 5.83. The molecule has 0 aromatic rings. The zero-order chi connectivity index (χ0) is 8.81. The van der Waals surface area contributed by atoms with Gasteiger partial charge in [-0.05, 0) is 18.8 Å². The van der Waals surface area contributed by atoms with E-state index in [0.29, 0.717) is 19.1 Å².